The molecule has 0 amide bonds. The standard InChI is InChI=1S/C8H19N3O3S2/c1-10(4-2-3-9)16(13,14)11-5-7-15(12)8-6-11/h2-9H2,1H3. The van der Waals surface area contributed by atoms with Crippen LogP contribution in [0.3, 0.4) is 0 Å². The number of rotatable bonds is 5. The van der Waals surface area contributed by atoms with Crippen LogP contribution in [0.15, 0.2) is 0 Å². The van der Waals surface area contributed by atoms with Crippen LogP contribution < -0.4 is 5.73 Å². The maximum Gasteiger partial charge on any atom is 0.281 e. The molecule has 1 saturated heterocycles. The molecule has 0 unspecified atom stereocenters. The lowest BCUT2D eigenvalue weighted by Crippen LogP contribution is -2.48. The summed E-state index contributed by atoms with van der Waals surface area (Å²) >= 11 is 0. The van der Waals surface area contributed by atoms with Crippen molar-refractivity contribution in [3.8, 4) is 0 Å². The predicted molar refractivity (Wildman–Crippen MR) is 64.7 cm³/mol. The minimum Gasteiger partial charge on any atom is -0.330 e. The molecule has 1 rings (SSSR count). The molecule has 1 aliphatic heterocycles. The molecule has 1 heterocycles. The van der Waals surface area contributed by atoms with E-state index < -0.39 is 21.0 Å². The van der Waals surface area contributed by atoms with Gasteiger partial charge < -0.3 is 5.73 Å². The zero-order valence-electron chi connectivity index (χ0n) is 9.46. The monoisotopic (exact) mass is 269 g/mol. The summed E-state index contributed by atoms with van der Waals surface area (Å²) in [5, 5.41) is 0. The summed E-state index contributed by atoms with van der Waals surface area (Å²) in [6.45, 7) is 1.60. The quantitative estimate of drug-likeness (QED) is 0.664. The van der Waals surface area contributed by atoms with E-state index in [1.807, 2.05) is 0 Å². The molecule has 0 radical (unpaired) electrons. The van der Waals surface area contributed by atoms with Gasteiger partial charge in [-0.2, -0.15) is 17.0 Å². The van der Waals surface area contributed by atoms with Crippen LogP contribution in [-0.2, 0) is 21.0 Å². The average Bonchev–Trinajstić information content (AvgIpc) is 2.26. The van der Waals surface area contributed by atoms with E-state index in [2.05, 4.69) is 0 Å². The molecule has 2 N–H and O–H groups in total. The molecule has 0 spiro atoms. The second-order valence-corrected chi connectivity index (χ2v) is 7.45. The summed E-state index contributed by atoms with van der Waals surface area (Å²) in [4.78, 5) is 0. The molecule has 8 heteroatoms. The van der Waals surface area contributed by atoms with Crippen LogP contribution in [-0.4, -0.2) is 66.0 Å². The summed E-state index contributed by atoms with van der Waals surface area (Å²) < 4.78 is 37.9. The van der Waals surface area contributed by atoms with E-state index >= 15 is 0 Å². The van der Waals surface area contributed by atoms with E-state index in [0.717, 1.165) is 0 Å². The van der Waals surface area contributed by atoms with Crippen molar-refractivity contribution >= 4 is 21.0 Å². The van der Waals surface area contributed by atoms with Crippen LogP contribution in [0.1, 0.15) is 6.42 Å². The third-order valence-corrected chi connectivity index (χ3v) is 5.80. The van der Waals surface area contributed by atoms with Crippen LogP contribution in [0.2, 0.25) is 0 Å². The first-order chi connectivity index (χ1) is 7.48. The van der Waals surface area contributed by atoms with Crippen LogP contribution >= 0.6 is 0 Å². The van der Waals surface area contributed by atoms with Gasteiger partial charge in [-0.25, -0.2) is 0 Å². The largest absolute Gasteiger partial charge is 0.330 e. The maximum atomic E-state index is 12.0. The van der Waals surface area contributed by atoms with Gasteiger partial charge in [0.25, 0.3) is 10.2 Å². The Kier molecular flexibility index (Phi) is 5.32. The Bertz CT molecular complexity index is 334. The Morgan fingerprint density at radius 3 is 2.44 bits per heavy atom. The Balaban J connectivity index is 2.59. The predicted octanol–water partition coefficient (Wildman–Crippen LogP) is -1.42. The van der Waals surface area contributed by atoms with Gasteiger partial charge in [0.1, 0.15) is 0 Å². The molecule has 0 aliphatic carbocycles. The lowest BCUT2D eigenvalue weighted by molar-refractivity contribution is 0.373. The Hall–Kier alpha value is -0.0200. The van der Waals surface area contributed by atoms with Crippen molar-refractivity contribution in [3.63, 3.8) is 0 Å². The smallest absolute Gasteiger partial charge is 0.281 e. The molecule has 6 nitrogen and oxygen atoms in total. The van der Waals surface area contributed by atoms with Crippen LogP contribution in [0.5, 0.6) is 0 Å². The number of nitrogens with zero attached hydrogens (tertiary/aromatic N) is 2. The lowest BCUT2D eigenvalue weighted by Gasteiger charge is -2.29. The van der Waals surface area contributed by atoms with Gasteiger partial charge in [0.15, 0.2) is 0 Å². The fourth-order valence-electron chi connectivity index (χ4n) is 1.48. The number of hydrogen-bond donors (Lipinski definition) is 1. The highest BCUT2D eigenvalue weighted by molar-refractivity contribution is 7.87. The van der Waals surface area contributed by atoms with E-state index in [9.17, 15) is 12.6 Å². The molecule has 1 aliphatic rings. The van der Waals surface area contributed by atoms with Crippen molar-refractivity contribution in [2.45, 2.75) is 6.42 Å². The van der Waals surface area contributed by atoms with E-state index in [4.69, 9.17) is 5.73 Å². The van der Waals surface area contributed by atoms with Crippen molar-refractivity contribution < 1.29 is 12.6 Å². The molecule has 16 heavy (non-hydrogen) atoms. The summed E-state index contributed by atoms with van der Waals surface area (Å²) in [5.74, 6) is 0.869. The van der Waals surface area contributed by atoms with Crippen molar-refractivity contribution in [2.24, 2.45) is 5.73 Å². The first kappa shape index (κ1) is 14.0. The summed E-state index contributed by atoms with van der Waals surface area (Å²) in [5.41, 5.74) is 5.34. The first-order valence-corrected chi connectivity index (χ1v) is 8.13. The van der Waals surface area contributed by atoms with Gasteiger partial charge in [-0.3, -0.25) is 4.21 Å². The number of hydrogen-bond acceptors (Lipinski definition) is 4. The second-order valence-electron chi connectivity index (χ2n) is 3.72. The second kappa shape index (κ2) is 6.06. The topological polar surface area (TPSA) is 83.7 Å². The summed E-state index contributed by atoms with van der Waals surface area (Å²) in [7, 11) is -2.69. The maximum absolute atomic E-state index is 12.0. The molecule has 0 aromatic rings. The number of nitrogens with two attached hydrogens (primary N) is 1. The van der Waals surface area contributed by atoms with Gasteiger partial charge in [0.2, 0.25) is 0 Å². The highest BCUT2D eigenvalue weighted by atomic mass is 32.2. The van der Waals surface area contributed by atoms with Crippen LogP contribution in [0.25, 0.3) is 0 Å². The molecule has 0 bridgehead atoms. The third-order valence-electron chi connectivity index (χ3n) is 2.53. The van der Waals surface area contributed by atoms with Crippen molar-refractivity contribution in [1.29, 1.82) is 0 Å². The Morgan fingerprint density at radius 1 is 1.38 bits per heavy atom. The molecule has 0 atom stereocenters. The van der Waals surface area contributed by atoms with Gasteiger partial charge in [-0.15, -0.1) is 0 Å². The molecule has 0 aromatic carbocycles. The third kappa shape index (κ3) is 3.49. The van der Waals surface area contributed by atoms with Crippen LogP contribution in [0, 0.1) is 0 Å². The molecule has 96 valence electrons. The van der Waals surface area contributed by atoms with E-state index in [1.165, 1.54) is 8.61 Å². The van der Waals surface area contributed by atoms with Gasteiger partial charge in [0.05, 0.1) is 0 Å². The fourth-order valence-corrected chi connectivity index (χ4v) is 4.16. The molecule has 0 aromatic heterocycles. The molecular formula is C8H19N3O3S2. The van der Waals surface area contributed by atoms with Gasteiger partial charge in [0, 0.05) is 49.0 Å². The van der Waals surface area contributed by atoms with Crippen molar-refractivity contribution in [3.05, 3.63) is 0 Å². The molecule has 1 fully saturated rings. The SMILES string of the molecule is CN(CCCN)S(=O)(=O)N1CCS(=O)CC1. The zero-order valence-corrected chi connectivity index (χ0v) is 11.1. The van der Waals surface area contributed by atoms with Crippen molar-refractivity contribution in [2.75, 3.05) is 44.7 Å². The normalized spacial score (nSPS) is 20.4. The minimum atomic E-state index is -3.38. The minimum absolute atomic E-state index is 0.349. The Labute approximate surface area is 99.4 Å². The van der Waals surface area contributed by atoms with E-state index in [-0.39, 0.29) is 0 Å². The van der Waals surface area contributed by atoms with E-state index in [1.54, 1.807) is 7.05 Å². The zero-order chi connectivity index (χ0) is 12.2. The lowest BCUT2D eigenvalue weighted by atomic mass is 10.4. The first-order valence-electron chi connectivity index (χ1n) is 5.25. The highest BCUT2D eigenvalue weighted by Gasteiger charge is 2.29. The summed E-state index contributed by atoms with van der Waals surface area (Å²) in [6, 6.07) is 0. The van der Waals surface area contributed by atoms with Gasteiger partial charge in [-0.05, 0) is 13.0 Å². The van der Waals surface area contributed by atoms with Crippen LogP contribution in [0.4, 0.5) is 0 Å². The Morgan fingerprint density at radius 2 is 1.94 bits per heavy atom. The molecule has 0 saturated carbocycles. The van der Waals surface area contributed by atoms with Crippen molar-refractivity contribution in [1.82, 2.24) is 8.61 Å². The highest BCUT2D eigenvalue weighted by Crippen LogP contribution is 2.10. The average molecular weight is 269 g/mol. The molecular weight excluding hydrogens is 250 g/mol. The fraction of sp³-hybridized carbons (Fsp3) is 1.00. The van der Waals surface area contributed by atoms with E-state index in [0.29, 0.717) is 44.1 Å². The summed E-state index contributed by atoms with van der Waals surface area (Å²) in [6.07, 6.45) is 0.648. The van der Waals surface area contributed by atoms with Gasteiger partial charge >= 0.3 is 0 Å². The van der Waals surface area contributed by atoms with Gasteiger partial charge in [-0.1, -0.05) is 0 Å².